The maximum atomic E-state index is 12.0. The van der Waals surface area contributed by atoms with Gasteiger partial charge in [-0.1, -0.05) is 0 Å². The van der Waals surface area contributed by atoms with E-state index in [2.05, 4.69) is 9.72 Å². The third-order valence-corrected chi connectivity index (χ3v) is 2.43. The molecule has 1 aromatic rings. The molecule has 0 aliphatic carbocycles. The van der Waals surface area contributed by atoms with Gasteiger partial charge in [-0.3, -0.25) is 0 Å². The smallest absolute Gasteiger partial charge is 0.404 e. The Labute approximate surface area is 114 Å². The highest BCUT2D eigenvalue weighted by Crippen LogP contribution is 2.23. The summed E-state index contributed by atoms with van der Waals surface area (Å²) in [6.45, 7) is 0.836. The fourth-order valence-corrected chi connectivity index (χ4v) is 1.75. The quantitative estimate of drug-likeness (QED) is 0.756. The van der Waals surface area contributed by atoms with Gasteiger partial charge in [0.1, 0.15) is 11.6 Å². The van der Waals surface area contributed by atoms with Crippen molar-refractivity contribution in [2.24, 2.45) is 0 Å². The van der Waals surface area contributed by atoms with Crippen LogP contribution >= 0.6 is 11.6 Å². The first-order valence-corrected chi connectivity index (χ1v) is 5.81. The van der Waals surface area contributed by atoms with Gasteiger partial charge in [-0.2, -0.15) is 0 Å². The van der Waals surface area contributed by atoms with Crippen molar-refractivity contribution < 1.29 is 22.6 Å². The zero-order valence-electron chi connectivity index (χ0n) is 10.4. The number of halogens is 4. The van der Waals surface area contributed by atoms with E-state index in [0.29, 0.717) is 19.0 Å². The molecule has 1 rings (SSSR count). The highest BCUT2D eigenvalue weighted by Gasteiger charge is 2.31. The summed E-state index contributed by atoms with van der Waals surface area (Å²) in [5.41, 5.74) is 0. The van der Waals surface area contributed by atoms with Crippen LogP contribution in [0, 0.1) is 0 Å². The van der Waals surface area contributed by atoms with Crippen molar-refractivity contribution in [1.82, 2.24) is 4.98 Å². The van der Waals surface area contributed by atoms with Gasteiger partial charge in [0.05, 0.1) is 18.2 Å². The zero-order chi connectivity index (χ0) is 14.5. The van der Waals surface area contributed by atoms with Gasteiger partial charge in [0.25, 0.3) is 0 Å². The Hall–Kier alpha value is -1.21. The molecule has 1 heterocycles. The highest BCUT2D eigenvalue weighted by molar-refractivity contribution is 6.21. The predicted molar refractivity (Wildman–Crippen MR) is 65.7 cm³/mol. The fourth-order valence-electron chi connectivity index (χ4n) is 1.42. The molecule has 4 nitrogen and oxygen atoms in total. The topological polar surface area (TPSA) is 34.6 Å². The van der Waals surface area contributed by atoms with Crippen molar-refractivity contribution in [2.75, 3.05) is 32.2 Å². The van der Waals surface area contributed by atoms with Gasteiger partial charge >= 0.3 is 6.36 Å². The summed E-state index contributed by atoms with van der Waals surface area (Å²) >= 11 is 5.98. The van der Waals surface area contributed by atoms with Crippen LogP contribution in [0.15, 0.2) is 18.3 Å². The number of hydrogen-bond donors (Lipinski definition) is 0. The number of aromatic nitrogens is 1. The van der Waals surface area contributed by atoms with E-state index in [1.165, 1.54) is 19.2 Å². The number of methoxy groups -OCH3 is 1. The predicted octanol–water partition coefficient (Wildman–Crippen LogP) is 2.67. The minimum Gasteiger partial charge on any atom is -0.404 e. The van der Waals surface area contributed by atoms with Crippen molar-refractivity contribution in [1.29, 1.82) is 0 Å². The van der Waals surface area contributed by atoms with Crippen LogP contribution in [-0.2, 0) is 4.74 Å². The second-order valence-electron chi connectivity index (χ2n) is 3.83. The molecule has 0 fully saturated rings. The van der Waals surface area contributed by atoms with E-state index in [-0.39, 0.29) is 11.1 Å². The molecule has 1 unspecified atom stereocenters. The Balaban J connectivity index is 2.60. The van der Waals surface area contributed by atoms with Gasteiger partial charge in [0, 0.05) is 20.7 Å². The standard InChI is InChI=1S/C11H14ClF3N2O2/c1-17(6-8(12)7-18-2)10-4-3-9(5-16-10)19-11(13,14)15/h3-5,8H,6-7H2,1-2H3. The number of ether oxygens (including phenoxy) is 2. The lowest BCUT2D eigenvalue weighted by molar-refractivity contribution is -0.274. The number of alkyl halides is 4. The summed E-state index contributed by atoms with van der Waals surface area (Å²) in [5, 5.41) is -0.233. The van der Waals surface area contributed by atoms with Crippen LogP contribution in [0.5, 0.6) is 5.75 Å². The number of rotatable bonds is 6. The second-order valence-corrected chi connectivity index (χ2v) is 4.45. The van der Waals surface area contributed by atoms with Gasteiger partial charge in [-0.15, -0.1) is 24.8 Å². The molecule has 0 radical (unpaired) electrons. The van der Waals surface area contributed by atoms with Crippen molar-refractivity contribution in [3.8, 4) is 5.75 Å². The van der Waals surface area contributed by atoms with Gasteiger partial charge in [0.15, 0.2) is 0 Å². The molecule has 0 aliphatic heterocycles. The van der Waals surface area contributed by atoms with E-state index in [9.17, 15) is 13.2 Å². The maximum absolute atomic E-state index is 12.0. The monoisotopic (exact) mass is 298 g/mol. The summed E-state index contributed by atoms with van der Waals surface area (Å²) in [6.07, 6.45) is -3.70. The van der Waals surface area contributed by atoms with Crippen molar-refractivity contribution in [3.05, 3.63) is 18.3 Å². The number of anilines is 1. The normalized spacial score (nSPS) is 13.2. The lowest BCUT2D eigenvalue weighted by Crippen LogP contribution is -2.29. The van der Waals surface area contributed by atoms with Crippen molar-refractivity contribution in [2.45, 2.75) is 11.7 Å². The molecule has 1 aromatic heterocycles. The summed E-state index contributed by atoms with van der Waals surface area (Å²) in [7, 11) is 3.27. The average Bonchev–Trinajstić information content (AvgIpc) is 2.27. The van der Waals surface area contributed by atoms with Gasteiger partial charge in [-0.25, -0.2) is 4.98 Å². The fraction of sp³-hybridized carbons (Fsp3) is 0.545. The molecule has 0 bridgehead atoms. The number of pyridine rings is 1. The molecule has 108 valence electrons. The van der Waals surface area contributed by atoms with E-state index in [4.69, 9.17) is 16.3 Å². The second kappa shape index (κ2) is 6.81. The summed E-state index contributed by atoms with van der Waals surface area (Å²) < 4.78 is 44.5. The zero-order valence-corrected chi connectivity index (χ0v) is 11.2. The van der Waals surface area contributed by atoms with E-state index < -0.39 is 6.36 Å². The van der Waals surface area contributed by atoms with Crippen LogP contribution in [0.3, 0.4) is 0 Å². The summed E-state index contributed by atoms with van der Waals surface area (Å²) in [6, 6.07) is 2.63. The summed E-state index contributed by atoms with van der Waals surface area (Å²) in [5.74, 6) is 0.139. The molecule has 8 heteroatoms. The van der Waals surface area contributed by atoms with E-state index in [1.807, 2.05) is 0 Å². The third kappa shape index (κ3) is 5.98. The maximum Gasteiger partial charge on any atom is 0.573 e. The Kier molecular flexibility index (Phi) is 5.68. The lowest BCUT2D eigenvalue weighted by atomic mass is 10.3. The van der Waals surface area contributed by atoms with Crippen LogP contribution < -0.4 is 9.64 Å². The molecule has 19 heavy (non-hydrogen) atoms. The molecule has 0 aliphatic rings. The molecule has 0 N–H and O–H groups in total. The first kappa shape index (κ1) is 15.8. The van der Waals surface area contributed by atoms with Crippen molar-refractivity contribution >= 4 is 17.4 Å². The van der Waals surface area contributed by atoms with Crippen LogP contribution in [0.1, 0.15) is 0 Å². The Morgan fingerprint density at radius 3 is 2.58 bits per heavy atom. The van der Waals surface area contributed by atoms with Crippen molar-refractivity contribution in [3.63, 3.8) is 0 Å². The number of hydrogen-bond acceptors (Lipinski definition) is 4. The molecule has 0 amide bonds. The SMILES string of the molecule is COCC(Cl)CN(C)c1ccc(OC(F)(F)F)cn1. The van der Waals surface area contributed by atoms with E-state index >= 15 is 0 Å². The van der Waals surface area contributed by atoms with E-state index in [0.717, 1.165) is 6.20 Å². The first-order chi connectivity index (χ1) is 8.81. The molecular formula is C11H14ClF3N2O2. The Morgan fingerprint density at radius 2 is 2.11 bits per heavy atom. The third-order valence-electron chi connectivity index (χ3n) is 2.16. The molecule has 0 spiro atoms. The van der Waals surface area contributed by atoms with Crippen LogP contribution in [-0.4, -0.2) is 44.0 Å². The van der Waals surface area contributed by atoms with E-state index in [1.54, 1.807) is 11.9 Å². The Bertz CT molecular complexity index is 387. The van der Waals surface area contributed by atoms with Gasteiger partial charge < -0.3 is 14.4 Å². The van der Waals surface area contributed by atoms with Crippen LogP contribution in [0.2, 0.25) is 0 Å². The first-order valence-electron chi connectivity index (χ1n) is 5.38. The highest BCUT2D eigenvalue weighted by atomic mass is 35.5. The molecule has 0 saturated carbocycles. The Morgan fingerprint density at radius 1 is 1.42 bits per heavy atom. The van der Waals surface area contributed by atoms with Gasteiger partial charge in [-0.05, 0) is 12.1 Å². The summed E-state index contributed by atoms with van der Waals surface area (Å²) in [4.78, 5) is 5.59. The van der Waals surface area contributed by atoms with Crippen LogP contribution in [0.4, 0.5) is 19.0 Å². The molecular weight excluding hydrogens is 285 g/mol. The van der Waals surface area contributed by atoms with Gasteiger partial charge in [0.2, 0.25) is 0 Å². The average molecular weight is 299 g/mol. The molecule has 1 atom stereocenters. The molecule has 0 saturated heterocycles. The van der Waals surface area contributed by atoms with Crippen LogP contribution in [0.25, 0.3) is 0 Å². The number of nitrogens with zero attached hydrogens (tertiary/aromatic N) is 2. The molecule has 0 aromatic carbocycles. The largest absolute Gasteiger partial charge is 0.573 e. The lowest BCUT2D eigenvalue weighted by Gasteiger charge is -2.21. The minimum atomic E-state index is -4.71. The minimum absolute atomic E-state index is 0.233.